The molecule has 1 N–H and O–H groups in total. The van der Waals surface area contributed by atoms with Gasteiger partial charge in [-0.2, -0.15) is 0 Å². The van der Waals surface area contributed by atoms with Crippen LogP contribution in [0.1, 0.15) is 20.9 Å². The van der Waals surface area contributed by atoms with Crippen LogP contribution < -0.4 is 4.90 Å². The van der Waals surface area contributed by atoms with Crippen molar-refractivity contribution >= 4 is 33.2 Å². The normalized spacial score (nSPS) is 14.7. The minimum absolute atomic E-state index is 0.152. The summed E-state index contributed by atoms with van der Waals surface area (Å²) in [7, 11) is 0. The number of carboxylic acids is 1. The van der Waals surface area contributed by atoms with Gasteiger partial charge in [0.05, 0.1) is 18.9 Å². The average Bonchev–Trinajstić information content (AvgIpc) is 3.07. The fourth-order valence-electron chi connectivity index (χ4n) is 3.09. The van der Waals surface area contributed by atoms with Gasteiger partial charge in [0.1, 0.15) is 10.7 Å². The van der Waals surface area contributed by atoms with Crippen LogP contribution in [0.2, 0.25) is 0 Å². The van der Waals surface area contributed by atoms with Crippen LogP contribution in [0.25, 0.3) is 10.8 Å². The molecule has 1 fully saturated rings. The van der Waals surface area contributed by atoms with Crippen molar-refractivity contribution in [1.82, 2.24) is 4.98 Å². The Balaban J connectivity index is 1.70. The van der Waals surface area contributed by atoms with Crippen molar-refractivity contribution < 1.29 is 19.0 Å². The van der Waals surface area contributed by atoms with Crippen molar-refractivity contribution in [3.63, 3.8) is 0 Å². The number of morpholine rings is 1. The summed E-state index contributed by atoms with van der Waals surface area (Å²) in [5.41, 5.74) is 0.850. The van der Waals surface area contributed by atoms with Crippen LogP contribution in [-0.4, -0.2) is 42.4 Å². The quantitative estimate of drug-likeness (QED) is 0.759. The fraction of sp³-hybridized carbons (Fsp3) is 0.263. The molecule has 0 bridgehead atoms. The summed E-state index contributed by atoms with van der Waals surface area (Å²) in [5.74, 6) is -1.38. The van der Waals surface area contributed by atoms with Crippen LogP contribution in [0, 0.1) is 5.82 Å². The van der Waals surface area contributed by atoms with E-state index in [0.29, 0.717) is 42.7 Å². The molecule has 0 spiro atoms. The van der Waals surface area contributed by atoms with E-state index in [2.05, 4.69) is 4.98 Å². The Hall–Kier alpha value is -2.51. The summed E-state index contributed by atoms with van der Waals surface area (Å²) >= 11 is 1.14. The molecule has 2 heterocycles. The highest BCUT2D eigenvalue weighted by molar-refractivity contribution is 7.17. The monoisotopic (exact) mass is 372 g/mol. The van der Waals surface area contributed by atoms with E-state index in [1.54, 1.807) is 6.07 Å². The number of nitrogens with zero attached hydrogens (tertiary/aromatic N) is 2. The van der Waals surface area contributed by atoms with E-state index in [4.69, 9.17) is 4.74 Å². The highest BCUT2D eigenvalue weighted by Crippen LogP contribution is 2.30. The number of fused-ring (bicyclic) bond motifs is 1. The molecule has 134 valence electrons. The summed E-state index contributed by atoms with van der Waals surface area (Å²) < 4.78 is 19.8. The SMILES string of the molecule is O=C(O)c1sc(N2CCOCC2)nc1Cc1cc2ccccc2cc1F. The minimum atomic E-state index is -1.03. The lowest BCUT2D eigenvalue weighted by atomic mass is 10.0. The summed E-state index contributed by atoms with van der Waals surface area (Å²) in [6.45, 7) is 2.54. The highest BCUT2D eigenvalue weighted by Gasteiger charge is 2.23. The van der Waals surface area contributed by atoms with Gasteiger partial charge in [-0.3, -0.25) is 0 Å². The number of halogens is 1. The molecule has 3 aromatic rings. The topological polar surface area (TPSA) is 62.7 Å². The molecule has 0 aliphatic carbocycles. The smallest absolute Gasteiger partial charge is 0.347 e. The lowest BCUT2D eigenvalue weighted by molar-refractivity contribution is 0.0701. The Morgan fingerprint density at radius 1 is 1.23 bits per heavy atom. The van der Waals surface area contributed by atoms with E-state index in [0.717, 1.165) is 22.1 Å². The Bertz CT molecular complexity index is 967. The number of rotatable bonds is 4. The zero-order chi connectivity index (χ0) is 18.1. The van der Waals surface area contributed by atoms with Crippen molar-refractivity contribution in [2.45, 2.75) is 6.42 Å². The largest absolute Gasteiger partial charge is 0.477 e. The second-order valence-corrected chi connectivity index (χ2v) is 7.12. The maximum atomic E-state index is 14.5. The third-order valence-corrected chi connectivity index (χ3v) is 5.58. The predicted octanol–water partition coefficient (Wildman–Crippen LogP) is 3.56. The molecule has 0 atom stereocenters. The number of aromatic nitrogens is 1. The Kier molecular flexibility index (Phi) is 4.57. The second-order valence-electron chi connectivity index (χ2n) is 6.14. The van der Waals surface area contributed by atoms with Gasteiger partial charge in [0.2, 0.25) is 0 Å². The maximum Gasteiger partial charge on any atom is 0.347 e. The number of thiazole rings is 1. The molecule has 0 radical (unpaired) electrons. The zero-order valence-electron chi connectivity index (χ0n) is 13.9. The van der Waals surface area contributed by atoms with Gasteiger partial charge in [0.25, 0.3) is 0 Å². The molecule has 0 unspecified atom stereocenters. The first-order chi connectivity index (χ1) is 12.6. The molecule has 0 amide bonds. The first-order valence-electron chi connectivity index (χ1n) is 8.34. The third-order valence-electron chi connectivity index (χ3n) is 4.43. The highest BCUT2D eigenvalue weighted by atomic mass is 32.1. The van der Waals surface area contributed by atoms with Gasteiger partial charge in [-0.25, -0.2) is 14.2 Å². The van der Waals surface area contributed by atoms with Gasteiger partial charge in [-0.1, -0.05) is 35.6 Å². The molecule has 26 heavy (non-hydrogen) atoms. The van der Waals surface area contributed by atoms with E-state index < -0.39 is 5.97 Å². The van der Waals surface area contributed by atoms with Gasteiger partial charge in [-0.05, 0) is 28.5 Å². The van der Waals surface area contributed by atoms with Crippen LogP contribution >= 0.6 is 11.3 Å². The summed E-state index contributed by atoms with van der Waals surface area (Å²) in [5, 5.41) is 11.9. The molecule has 4 rings (SSSR count). The van der Waals surface area contributed by atoms with E-state index in [-0.39, 0.29) is 17.1 Å². The number of anilines is 1. The molecular formula is C19H17FN2O3S. The van der Waals surface area contributed by atoms with Gasteiger partial charge in [-0.15, -0.1) is 0 Å². The van der Waals surface area contributed by atoms with Crippen molar-refractivity contribution in [2.75, 3.05) is 31.2 Å². The van der Waals surface area contributed by atoms with Crippen LogP contribution in [0.15, 0.2) is 36.4 Å². The summed E-state index contributed by atoms with van der Waals surface area (Å²) in [4.78, 5) is 18.3. The number of benzene rings is 2. The van der Waals surface area contributed by atoms with Gasteiger partial charge < -0.3 is 14.7 Å². The predicted molar refractivity (Wildman–Crippen MR) is 98.8 cm³/mol. The summed E-state index contributed by atoms with van der Waals surface area (Å²) in [6, 6.07) is 10.8. The van der Waals surface area contributed by atoms with Gasteiger partial charge in [0, 0.05) is 19.5 Å². The Labute approximate surface area is 153 Å². The van der Waals surface area contributed by atoms with Crippen molar-refractivity contribution in [3.05, 3.63) is 58.3 Å². The van der Waals surface area contributed by atoms with Gasteiger partial charge >= 0.3 is 5.97 Å². The lowest BCUT2D eigenvalue weighted by Gasteiger charge is -2.26. The van der Waals surface area contributed by atoms with Crippen molar-refractivity contribution in [1.29, 1.82) is 0 Å². The van der Waals surface area contributed by atoms with Crippen LogP contribution in [0.3, 0.4) is 0 Å². The number of carboxylic acid groups (broad SMARTS) is 1. The molecule has 1 aromatic heterocycles. The molecule has 1 aliphatic heterocycles. The minimum Gasteiger partial charge on any atom is -0.477 e. The molecule has 1 aliphatic rings. The number of aromatic carboxylic acids is 1. The third kappa shape index (κ3) is 3.27. The van der Waals surface area contributed by atoms with Crippen molar-refractivity contribution in [3.8, 4) is 0 Å². The van der Waals surface area contributed by atoms with Crippen molar-refractivity contribution in [2.24, 2.45) is 0 Å². The standard InChI is InChI=1S/C19H17FN2O3S/c20-15-10-13-4-2-1-3-12(13)9-14(15)11-16-17(18(23)24)26-19(21-16)22-5-7-25-8-6-22/h1-4,9-10H,5-8,11H2,(H,23,24). The Morgan fingerprint density at radius 3 is 2.62 bits per heavy atom. The van der Waals surface area contributed by atoms with Crippen LogP contribution in [0.4, 0.5) is 9.52 Å². The first kappa shape index (κ1) is 16.9. The second kappa shape index (κ2) is 7.01. The number of hydrogen-bond donors (Lipinski definition) is 1. The van der Waals surface area contributed by atoms with Crippen LogP contribution in [-0.2, 0) is 11.2 Å². The van der Waals surface area contributed by atoms with Gasteiger partial charge in [0.15, 0.2) is 5.13 Å². The number of hydrogen-bond acceptors (Lipinski definition) is 5. The first-order valence-corrected chi connectivity index (χ1v) is 9.16. The van der Waals surface area contributed by atoms with E-state index >= 15 is 0 Å². The zero-order valence-corrected chi connectivity index (χ0v) is 14.8. The Morgan fingerprint density at radius 2 is 1.92 bits per heavy atom. The van der Waals surface area contributed by atoms with E-state index in [1.165, 1.54) is 6.07 Å². The lowest BCUT2D eigenvalue weighted by Crippen LogP contribution is -2.36. The molecule has 2 aromatic carbocycles. The molecular weight excluding hydrogens is 355 g/mol. The molecule has 5 nitrogen and oxygen atoms in total. The molecule has 7 heteroatoms. The van der Waals surface area contributed by atoms with E-state index in [1.807, 2.05) is 29.2 Å². The van der Waals surface area contributed by atoms with Crippen LogP contribution in [0.5, 0.6) is 0 Å². The van der Waals surface area contributed by atoms with E-state index in [9.17, 15) is 14.3 Å². The average molecular weight is 372 g/mol. The number of ether oxygens (including phenoxy) is 1. The fourth-order valence-corrected chi connectivity index (χ4v) is 4.06. The summed E-state index contributed by atoms with van der Waals surface area (Å²) in [6.07, 6.45) is 0.152. The molecule has 1 saturated heterocycles. The molecule has 0 saturated carbocycles. The maximum absolute atomic E-state index is 14.5. The number of carbonyl (C=O) groups is 1.